The summed E-state index contributed by atoms with van der Waals surface area (Å²) >= 11 is 6.12. The number of carbonyl (C=O) groups is 1. The molecular formula is C24H23ClN6O. The molecule has 1 unspecified atom stereocenters. The summed E-state index contributed by atoms with van der Waals surface area (Å²) in [5, 5.41) is 4.59. The third kappa shape index (κ3) is 3.69. The largest absolute Gasteiger partial charge is 0.384 e. The Labute approximate surface area is 190 Å². The van der Waals surface area contributed by atoms with Crippen molar-refractivity contribution in [2.24, 2.45) is 0 Å². The van der Waals surface area contributed by atoms with Gasteiger partial charge in [0.2, 0.25) is 0 Å². The molecule has 3 aromatic heterocycles. The van der Waals surface area contributed by atoms with Gasteiger partial charge >= 0.3 is 0 Å². The summed E-state index contributed by atoms with van der Waals surface area (Å²) in [6.07, 6.45) is 5.27. The number of amides is 1. The van der Waals surface area contributed by atoms with E-state index in [1.165, 1.54) is 0 Å². The van der Waals surface area contributed by atoms with Crippen LogP contribution in [0.15, 0.2) is 42.7 Å². The fourth-order valence-corrected chi connectivity index (χ4v) is 4.64. The van der Waals surface area contributed by atoms with E-state index in [-0.39, 0.29) is 11.9 Å². The monoisotopic (exact) mass is 446 g/mol. The normalized spacial score (nSPS) is 15.2. The number of halogens is 1. The van der Waals surface area contributed by atoms with Gasteiger partial charge in [-0.1, -0.05) is 17.7 Å². The fraction of sp³-hybridized carbons (Fsp3) is 0.250. The number of benzene rings is 1. The Kier molecular flexibility index (Phi) is 5.06. The van der Waals surface area contributed by atoms with Crippen molar-refractivity contribution in [3.05, 3.63) is 81.7 Å². The molecule has 0 bridgehead atoms. The third-order valence-corrected chi connectivity index (χ3v) is 6.28. The van der Waals surface area contributed by atoms with E-state index in [9.17, 15) is 4.79 Å². The zero-order valence-corrected chi connectivity index (χ0v) is 18.6. The van der Waals surface area contributed by atoms with Crippen LogP contribution in [0.5, 0.6) is 0 Å². The number of hydrogen-bond acceptors (Lipinski definition) is 5. The number of nitrogens with two attached hydrogens (primary N) is 1. The summed E-state index contributed by atoms with van der Waals surface area (Å²) in [4.78, 5) is 26.1. The number of aryl methyl sites for hydroxylation is 3. The van der Waals surface area contributed by atoms with Crippen molar-refractivity contribution < 1.29 is 4.79 Å². The second-order valence-electron chi connectivity index (χ2n) is 8.22. The Morgan fingerprint density at radius 3 is 2.91 bits per heavy atom. The first kappa shape index (κ1) is 20.5. The van der Waals surface area contributed by atoms with Gasteiger partial charge in [-0.05, 0) is 61.2 Å². The highest BCUT2D eigenvalue weighted by Gasteiger charge is 2.27. The molecule has 0 saturated carbocycles. The second-order valence-corrected chi connectivity index (χ2v) is 8.66. The lowest BCUT2D eigenvalue weighted by molar-refractivity contribution is 0.0946. The summed E-state index contributed by atoms with van der Waals surface area (Å²) < 4.78 is 2.11. The van der Waals surface area contributed by atoms with Gasteiger partial charge in [0.05, 0.1) is 16.6 Å². The average Bonchev–Trinajstić information content (AvgIpc) is 3.33. The molecule has 1 aliphatic rings. The highest BCUT2D eigenvalue weighted by Crippen LogP contribution is 2.33. The van der Waals surface area contributed by atoms with Crippen LogP contribution < -0.4 is 11.1 Å². The average molecular weight is 447 g/mol. The molecule has 0 fully saturated rings. The molecule has 0 radical (unpaired) electrons. The topological polar surface area (TPSA) is 98.7 Å². The van der Waals surface area contributed by atoms with E-state index in [0.29, 0.717) is 23.1 Å². The molecule has 0 saturated heterocycles. The van der Waals surface area contributed by atoms with Crippen LogP contribution in [-0.2, 0) is 13.0 Å². The number of aromatic nitrogens is 4. The van der Waals surface area contributed by atoms with Gasteiger partial charge in [-0.2, -0.15) is 0 Å². The number of imidazole rings is 1. The van der Waals surface area contributed by atoms with Gasteiger partial charge < -0.3 is 15.6 Å². The predicted molar refractivity (Wildman–Crippen MR) is 125 cm³/mol. The molecule has 0 aliphatic carbocycles. The summed E-state index contributed by atoms with van der Waals surface area (Å²) in [6.45, 7) is 4.25. The van der Waals surface area contributed by atoms with Gasteiger partial charge in [0.1, 0.15) is 17.3 Å². The molecule has 4 aromatic rings. The van der Waals surface area contributed by atoms with Crippen LogP contribution in [0.2, 0.25) is 5.02 Å². The van der Waals surface area contributed by atoms with Crippen molar-refractivity contribution >= 4 is 34.2 Å². The van der Waals surface area contributed by atoms with Crippen LogP contribution in [-0.4, -0.2) is 25.4 Å². The zero-order chi connectivity index (χ0) is 22.4. The molecule has 0 spiro atoms. The molecule has 7 nitrogen and oxygen atoms in total. The van der Waals surface area contributed by atoms with Crippen molar-refractivity contribution in [2.45, 2.75) is 39.3 Å². The highest BCUT2D eigenvalue weighted by atomic mass is 35.5. The number of nitrogen functional groups attached to an aromatic ring is 1. The van der Waals surface area contributed by atoms with Gasteiger partial charge in [-0.25, -0.2) is 9.97 Å². The first-order chi connectivity index (χ1) is 15.4. The molecule has 1 atom stereocenters. The van der Waals surface area contributed by atoms with Crippen LogP contribution in [0.25, 0.3) is 10.9 Å². The molecule has 1 aromatic carbocycles. The predicted octanol–water partition coefficient (Wildman–Crippen LogP) is 4.14. The quantitative estimate of drug-likeness (QED) is 0.490. The smallest absolute Gasteiger partial charge is 0.271 e. The Morgan fingerprint density at radius 2 is 2.09 bits per heavy atom. The lowest BCUT2D eigenvalue weighted by Crippen LogP contribution is -2.24. The van der Waals surface area contributed by atoms with E-state index in [4.69, 9.17) is 17.3 Å². The highest BCUT2D eigenvalue weighted by molar-refractivity contribution is 6.31. The lowest BCUT2D eigenvalue weighted by atomic mass is 10.0. The van der Waals surface area contributed by atoms with Crippen molar-refractivity contribution in [3.63, 3.8) is 0 Å². The van der Waals surface area contributed by atoms with Crippen molar-refractivity contribution in [1.82, 2.24) is 24.8 Å². The Bertz CT molecular complexity index is 1340. The Balaban J connectivity index is 1.36. The molecule has 4 heterocycles. The minimum atomic E-state index is -0.198. The Hall–Kier alpha value is -3.45. The van der Waals surface area contributed by atoms with Crippen molar-refractivity contribution in [2.75, 3.05) is 5.73 Å². The molecule has 1 aliphatic heterocycles. The number of nitrogens with zero attached hydrogens (tertiary/aromatic N) is 4. The summed E-state index contributed by atoms with van der Waals surface area (Å²) in [7, 11) is 0. The maximum atomic E-state index is 12.8. The molecule has 1 amide bonds. The molecule has 3 N–H and O–H groups in total. The first-order valence-electron chi connectivity index (χ1n) is 10.5. The van der Waals surface area contributed by atoms with Gasteiger partial charge in [-0.3, -0.25) is 9.78 Å². The van der Waals surface area contributed by atoms with Crippen LogP contribution in [0.3, 0.4) is 0 Å². The minimum Gasteiger partial charge on any atom is -0.384 e. The van der Waals surface area contributed by atoms with Crippen LogP contribution in [0, 0.1) is 13.8 Å². The number of fused-ring (bicyclic) bond motifs is 2. The van der Waals surface area contributed by atoms with Gasteiger partial charge in [-0.15, -0.1) is 0 Å². The van der Waals surface area contributed by atoms with Crippen LogP contribution >= 0.6 is 11.6 Å². The Morgan fingerprint density at radius 1 is 1.25 bits per heavy atom. The number of rotatable bonds is 4. The van der Waals surface area contributed by atoms with E-state index >= 15 is 0 Å². The SMILES string of the molecule is Cc1cc(N)nc(C)c1CNC(=O)c1cn2c(n1)CCC2c1ccc2ncc(Cl)cc2c1. The van der Waals surface area contributed by atoms with Crippen LogP contribution in [0.4, 0.5) is 5.82 Å². The number of hydrogen-bond donors (Lipinski definition) is 2. The molecule has 8 heteroatoms. The van der Waals surface area contributed by atoms with E-state index in [0.717, 1.165) is 52.0 Å². The minimum absolute atomic E-state index is 0.133. The number of carbonyl (C=O) groups excluding carboxylic acids is 1. The van der Waals surface area contributed by atoms with E-state index in [1.807, 2.05) is 38.2 Å². The fourth-order valence-electron chi connectivity index (χ4n) is 4.47. The molecular weight excluding hydrogens is 424 g/mol. The number of pyridine rings is 2. The van der Waals surface area contributed by atoms with Gasteiger partial charge in [0.15, 0.2) is 0 Å². The number of anilines is 1. The standard InChI is InChI=1S/C24H23ClN6O/c1-13-7-22(26)29-14(2)18(13)11-28-24(32)20-12-31-21(5-6-23(31)30-20)15-3-4-19-16(8-15)9-17(25)10-27-19/h3-4,7-10,12,21H,5-6,11H2,1-2H3,(H2,26,29)(H,28,32). The lowest BCUT2D eigenvalue weighted by Gasteiger charge is -2.14. The first-order valence-corrected chi connectivity index (χ1v) is 10.9. The summed E-state index contributed by atoms with van der Waals surface area (Å²) in [5.74, 6) is 1.21. The van der Waals surface area contributed by atoms with E-state index in [1.54, 1.807) is 6.20 Å². The van der Waals surface area contributed by atoms with E-state index in [2.05, 4.69) is 37.0 Å². The van der Waals surface area contributed by atoms with Crippen molar-refractivity contribution in [3.8, 4) is 0 Å². The van der Waals surface area contributed by atoms with Gasteiger partial charge in [0, 0.05) is 36.4 Å². The molecule has 5 rings (SSSR count). The van der Waals surface area contributed by atoms with Crippen LogP contribution in [0.1, 0.15) is 51.2 Å². The maximum Gasteiger partial charge on any atom is 0.271 e. The summed E-state index contributed by atoms with van der Waals surface area (Å²) in [5.41, 5.74) is 11.1. The van der Waals surface area contributed by atoms with E-state index < -0.39 is 0 Å². The maximum absolute atomic E-state index is 12.8. The summed E-state index contributed by atoms with van der Waals surface area (Å²) in [6, 6.07) is 10.1. The van der Waals surface area contributed by atoms with Gasteiger partial charge in [0.25, 0.3) is 5.91 Å². The molecule has 32 heavy (non-hydrogen) atoms. The molecule has 162 valence electrons. The van der Waals surface area contributed by atoms with Crippen molar-refractivity contribution in [1.29, 1.82) is 0 Å². The second kappa shape index (κ2) is 7.91. The number of nitrogens with one attached hydrogen (secondary N) is 1. The zero-order valence-electron chi connectivity index (χ0n) is 17.9. The third-order valence-electron chi connectivity index (χ3n) is 6.08.